The highest BCUT2D eigenvalue weighted by atomic mass is 79.9. The van der Waals surface area contributed by atoms with E-state index in [2.05, 4.69) is 15.9 Å². The predicted molar refractivity (Wildman–Crippen MR) is 111 cm³/mol. The van der Waals surface area contributed by atoms with Crippen LogP contribution >= 0.6 is 15.9 Å². The Morgan fingerprint density at radius 2 is 1.57 bits per heavy atom. The van der Waals surface area contributed by atoms with Crippen LogP contribution in [0.3, 0.4) is 0 Å². The number of esters is 1. The zero-order valence-electron chi connectivity index (χ0n) is 18.0. The van der Waals surface area contributed by atoms with Crippen LogP contribution in [-0.4, -0.2) is 29.9 Å². The van der Waals surface area contributed by atoms with Crippen LogP contribution in [0.15, 0.2) is 16.6 Å². The van der Waals surface area contributed by atoms with Crippen LogP contribution in [0.25, 0.3) is 0 Å². The Labute approximate surface area is 176 Å². The molecule has 1 aromatic carbocycles. The summed E-state index contributed by atoms with van der Waals surface area (Å²) in [4.78, 5) is 25.1. The molecule has 0 N–H and O–H groups in total. The number of carbonyl (C=O) groups is 2. The summed E-state index contributed by atoms with van der Waals surface area (Å²) < 4.78 is 22.3. The summed E-state index contributed by atoms with van der Waals surface area (Å²) in [6, 6.07) is 3.44. The van der Waals surface area contributed by atoms with E-state index in [4.69, 9.17) is 18.9 Å². The van der Waals surface area contributed by atoms with Gasteiger partial charge in [0.25, 0.3) is 0 Å². The van der Waals surface area contributed by atoms with Crippen molar-refractivity contribution in [2.24, 2.45) is 5.92 Å². The van der Waals surface area contributed by atoms with Crippen molar-refractivity contribution in [3.63, 3.8) is 0 Å². The molecule has 0 fully saturated rings. The third-order valence-corrected chi connectivity index (χ3v) is 3.71. The molecule has 1 rings (SSSR count). The second-order valence-electron chi connectivity index (χ2n) is 8.89. The fourth-order valence-electron chi connectivity index (χ4n) is 2.13. The SMILES string of the molecule is CC(C)COCc1ccc(Br)c(OC(=O)OC(C)(C)C)c1C(=O)OC(C)(C)C. The maximum absolute atomic E-state index is 12.9. The molecule has 0 amide bonds. The van der Waals surface area contributed by atoms with Crippen molar-refractivity contribution in [1.29, 1.82) is 0 Å². The fraction of sp³-hybridized carbons (Fsp3) is 0.619. The predicted octanol–water partition coefficient (Wildman–Crippen LogP) is 5.89. The maximum atomic E-state index is 12.9. The standard InChI is InChI=1S/C21H31BrO6/c1-13(2)11-25-12-14-9-10-15(22)17(26-19(24)28-21(6,7)8)16(14)18(23)27-20(3,4)5/h9-10,13H,11-12H2,1-8H3. The van der Waals surface area contributed by atoms with Crippen LogP contribution in [0, 0.1) is 5.92 Å². The molecular weight excluding hydrogens is 428 g/mol. The zero-order valence-corrected chi connectivity index (χ0v) is 19.6. The lowest BCUT2D eigenvalue weighted by Crippen LogP contribution is -2.28. The monoisotopic (exact) mass is 458 g/mol. The minimum Gasteiger partial charge on any atom is -0.456 e. The molecule has 0 radical (unpaired) electrons. The summed E-state index contributed by atoms with van der Waals surface area (Å²) >= 11 is 3.35. The summed E-state index contributed by atoms with van der Waals surface area (Å²) in [5, 5.41) is 0. The number of halogens is 1. The Kier molecular flexibility index (Phi) is 8.50. The highest BCUT2D eigenvalue weighted by Crippen LogP contribution is 2.34. The Bertz CT molecular complexity index is 698. The number of hydrogen-bond donors (Lipinski definition) is 0. The molecule has 28 heavy (non-hydrogen) atoms. The molecule has 0 aliphatic heterocycles. The van der Waals surface area contributed by atoms with Crippen LogP contribution in [-0.2, 0) is 20.8 Å². The molecule has 0 saturated heterocycles. The van der Waals surface area contributed by atoms with Gasteiger partial charge < -0.3 is 18.9 Å². The smallest absolute Gasteiger partial charge is 0.456 e. The maximum Gasteiger partial charge on any atom is 0.514 e. The van der Waals surface area contributed by atoms with Gasteiger partial charge >= 0.3 is 12.1 Å². The van der Waals surface area contributed by atoms with E-state index in [0.717, 1.165) is 0 Å². The first-order valence-electron chi connectivity index (χ1n) is 9.23. The molecule has 7 heteroatoms. The van der Waals surface area contributed by atoms with Crippen molar-refractivity contribution >= 4 is 28.1 Å². The van der Waals surface area contributed by atoms with Crippen LogP contribution in [0.4, 0.5) is 4.79 Å². The second-order valence-corrected chi connectivity index (χ2v) is 9.74. The lowest BCUT2D eigenvalue weighted by molar-refractivity contribution is 0.00545. The van der Waals surface area contributed by atoms with Crippen molar-refractivity contribution in [1.82, 2.24) is 0 Å². The van der Waals surface area contributed by atoms with Gasteiger partial charge in [0.2, 0.25) is 0 Å². The zero-order chi connectivity index (χ0) is 21.7. The first kappa shape index (κ1) is 24.4. The van der Waals surface area contributed by atoms with E-state index in [-0.39, 0.29) is 17.9 Å². The molecule has 0 heterocycles. The molecule has 0 aliphatic rings. The summed E-state index contributed by atoms with van der Waals surface area (Å²) in [5.74, 6) is -0.206. The average Bonchev–Trinajstić information content (AvgIpc) is 2.46. The van der Waals surface area contributed by atoms with E-state index in [1.807, 2.05) is 13.8 Å². The molecule has 6 nitrogen and oxygen atoms in total. The first-order chi connectivity index (χ1) is 12.7. The minimum absolute atomic E-state index is 0.0501. The number of rotatable bonds is 6. The van der Waals surface area contributed by atoms with Gasteiger partial charge in [-0.2, -0.15) is 0 Å². The van der Waals surface area contributed by atoms with E-state index in [9.17, 15) is 9.59 Å². The molecule has 0 unspecified atom stereocenters. The van der Waals surface area contributed by atoms with Crippen molar-refractivity contribution in [2.75, 3.05) is 6.61 Å². The molecule has 158 valence electrons. The number of carbonyl (C=O) groups excluding carboxylic acids is 2. The number of benzene rings is 1. The van der Waals surface area contributed by atoms with Gasteiger partial charge in [-0.15, -0.1) is 0 Å². The molecule has 0 spiro atoms. The van der Waals surface area contributed by atoms with Crippen molar-refractivity contribution in [2.45, 2.75) is 73.2 Å². The quantitative estimate of drug-likeness (QED) is 0.390. The number of hydrogen-bond acceptors (Lipinski definition) is 6. The van der Waals surface area contributed by atoms with Crippen LogP contribution in [0.5, 0.6) is 5.75 Å². The summed E-state index contributed by atoms with van der Waals surface area (Å²) in [6.07, 6.45) is -0.904. The van der Waals surface area contributed by atoms with Gasteiger partial charge in [-0.25, -0.2) is 9.59 Å². The summed E-state index contributed by atoms with van der Waals surface area (Å²) in [7, 11) is 0. The highest BCUT2D eigenvalue weighted by Gasteiger charge is 2.28. The van der Waals surface area contributed by atoms with E-state index >= 15 is 0 Å². The van der Waals surface area contributed by atoms with E-state index in [0.29, 0.717) is 22.6 Å². The minimum atomic E-state index is -0.904. The summed E-state index contributed by atoms with van der Waals surface area (Å²) in [6.45, 7) is 15.3. The van der Waals surface area contributed by atoms with Crippen molar-refractivity contribution < 1.29 is 28.5 Å². The van der Waals surface area contributed by atoms with Gasteiger partial charge in [-0.05, 0) is 75.0 Å². The van der Waals surface area contributed by atoms with E-state index in [1.165, 1.54) is 0 Å². The molecule has 0 atom stereocenters. The molecule has 0 aromatic heterocycles. The Morgan fingerprint density at radius 3 is 2.07 bits per heavy atom. The second kappa shape index (κ2) is 9.74. The van der Waals surface area contributed by atoms with Gasteiger partial charge in [-0.3, -0.25) is 0 Å². The fourth-order valence-corrected chi connectivity index (χ4v) is 2.54. The molecule has 1 aromatic rings. The average molecular weight is 459 g/mol. The van der Waals surface area contributed by atoms with Crippen LogP contribution in [0.1, 0.15) is 71.3 Å². The van der Waals surface area contributed by atoms with Gasteiger partial charge in [0.05, 0.1) is 11.1 Å². The normalized spacial score (nSPS) is 12.1. The van der Waals surface area contributed by atoms with Gasteiger partial charge in [-0.1, -0.05) is 19.9 Å². The van der Waals surface area contributed by atoms with Crippen LogP contribution < -0.4 is 4.74 Å². The van der Waals surface area contributed by atoms with Gasteiger partial charge in [0, 0.05) is 6.61 Å². The summed E-state index contributed by atoms with van der Waals surface area (Å²) in [5.41, 5.74) is -0.734. The Morgan fingerprint density at radius 1 is 1.00 bits per heavy atom. The van der Waals surface area contributed by atoms with Gasteiger partial charge in [0.1, 0.15) is 16.8 Å². The Balaban J connectivity index is 3.30. The largest absolute Gasteiger partial charge is 0.514 e. The van der Waals surface area contributed by atoms with Crippen LogP contribution in [0.2, 0.25) is 0 Å². The molecule has 0 bridgehead atoms. The van der Waals surface area contributed by atoms with Crippen molar-refractivity contribution in [3.05, 3.63) is 27.7 Å². The third kappa shape index (κ3) is 8.61. The number of ether oxygens (including phenoxy) is 4. The lowest BCUT2D eigenvalue weighted by atomic mass is 10.1. The molecular formula is C21H31BrO6. The molecule has 0 aliphatic carbocycles. The topological polar surface area (TPSA) is 71.1 Å². The van der Waals surface area contributed by atoms with E-state index < -0.39 is 23.3 Å². The molecule has 0 saturated carbocycles. The Hall–Kier alpha value is -1.60. The van der Waals surface area contributed by atoms with E-state index in [1.54, 1.807) is 53.7 Å². The van der Waals surface area contributed by atoms with Gasteiger partial charge in [0.15, 0.2) is 5.75 Å². The highest BCUT2D eigenvalue weighted by molar-refractivity contribution is 9.10. The third-order valence-electron chi connectivity index (χ3n) is 3.08. The van der Waals surface area contributed by atoms with Crippen molar-refractivity contribution in [3.8, 4) is 5.75 Å². The lowest BCUT2D eigenvalue weighted by Gasteiger charge is -2.23. The first-order valence-corrected chi connectivity index (χ1v) is 10.0.